The molecule has 0 bridgehead atoms. The first-order valence-electron chi connectivity index (χ1n) is 7.97. The molecule has 1 fully saturated rings. The number of hydrogen-bond acceptors (Lipinski definition) is 3. The lowest BCUT2D eigenvalue weighted by Gasteiger charge is -2.37. The third kappa shape index (κ3) is 3.95. The molecule has 1 heterocycles. The van der Waals surface area contributed by atoms with Crippen molar-refractivity contribution in [1.82, 2.24) is 10.2 Å². The first-order chi connectivity index (χ1) is 10.0. The topological polar surface area (TPSA) is 18.5 Å². The predicted octanol–water partition coefficient (Wildman–Crippen LogP) is 3.03. The van der Waals surface area contributed by atoms with Gasteiger partial charge in [-0.1, -0.05) is 13.0 Å². The molecule has 2 unspecified atom stereocenters. The van der Waals surface area contributed by atoms with Crippen LogP contribution < -0.4 is 10.2 Å². The summed E-state index contributed by atoms with van der Waals surface area (Å²) >= 11 is 0. The number of likely N-dealkylation sites (N-methyl/N-ethyl adjacent to an activating group) is 1. The fraction of sp³-hybridized carbons (Fsp3) is 0.647. The minimum Gasteiger partial charge on any atom is -0.368 e. The van der Waals surface area contributed by atoms with Gasteiger partial charge >= 0.3 is 0 Å². The zero-order valence-corrected chi connectivity index (χ0v) is 13.7. The quantitative estimate of drug-likeness (QED) is 0.900. The lowest BCUT2D eigenvalue weighted by molar-refractivity contribution is 0.257. The highest BCUT2D eigenvalue weighted by Crippen LogP contribution is 2.27. The van der Waals surface area contributed by atoms with Gasteiger partial charge in [-0.25, -0.2) is 4.39 Å². The van der Waals surface area contributed by atoms with Gasteiger partial charge in [0.05, 0.1) is 5.69 Å². The van der Waals surface area contributed by atoms with Crippen LogP contribution in [-0.2, 0) is 0 Å². The van der Waals surface area contributed by atoms with Crippen LogP contribution in [0.1, 0.15) is 38.3 Å². The number of benzene rings is 1. The maximum absolute atomic E-state index is 14.5. The number of nitrogens with one attached hydrogen (secondary N) is 1. The Morgan fingerprint density at radius 1 is 1.43 bits per heavy atom. The van der Waals surface area contributed by atoms with Gasteiger partial charge in [-0.15, -0.1) is 0 Å². The van der Waals surface area contributed by atoms with E-state index in [2.05, 4.69) is 43.1 Å². The normalized spacial score (nSPS) is 20.9. The number of anilines is 1. The summed E-state index contributed by atoms with van der Waals surface area (Å²) in [6, 6.07) is 6.37. The van der Waals surface area contributed by atoms with E-state index in [-0.39, 0.29) is 11.9 Å². The number of piperidine rings is 1. The Kier molecular flexibility index (Phi) is 5.59. The highest BCUT2D eigenvalue weighted by molar-refractivity contribution is 5.50. The maximum Gasteiger partial charge on any atom is 0.146 e. The van der Waals surface area contributed by atoms with Crippen LogP contribution in [-0.4, -0.2) is 44.7 Å². The molecule has 2 rings (SSSR count). The van der Waals surface area contributed by atoms with Crippen LogP contribution in [0.3, 0.4) is 0 Å². The number of hydrogen-bond donors (Lipinski definition) is 1. The van der Waals surface area contributed by atoms with Crippen LogP contribution in [0.4, 0.5) is 10.1 Å². The molecule has 0 amide bonds. The van der Waals surface area contributed by atoms with E-state index in [1.54, 1.807) is 6.07 Å². The number of halogens is 1. The third-order valence-electron chi connectivity index (χ3n) is 4.45. The van der Waals surface area contributed by atoms with Crippen molar-refractivity contribution in [3.63, 3.8) is 0 Å². The molecular formula is C17H28FN3. The molecule has 1 aromatic carbocycles. The minimum absolute atomic E-state index is 0.100. The van der Waals surface area contributed by atoms with Gasteiger partial charge in [0.15, 0.2) is 0 Å². The van der Waals surface area contributed by atoms with Gasteiger partial charge in [0.1, 0.15) is 5.82 Å². The molecule has 1 aliphatic heterocycles. The Morgan fingerprint density at radius 2 is 2.19 bits per heavy atom. The van der Waals surface area contributed by atoms with E-state index < -0.39 is 0 Å². The predicted molar refractivity (Wildman–Crippen MR) is 87.4 cm³/mol. The Morgan fingerprint density at radius 3 is 2.81 bits per heavy atom. The average molecular weight is 293 g/mol. The molecule has 0 saturated carbocycles. The average Bonchev–Trinajstić information content (AvgIpc) is 2.47. The zero-order valence-electron chi connectivity index (χ0n) is 13.7. The molecule has 3 nitrogen and oxygen atoms in total. The Hall–Kier alpha value is -1.13. The van der Waals surface area contributed by atoms with Crippen LogP contribution in [0.15, 0.2) is 18.2 Å². The molecule has 0 aliphatic carbocycles. The second-order valence-electron chi connectivity index (χ2n) is 6.20. The van der Waals surface area contributed by atoms with E-state index in [0.717, 1.165) is 37.3 Å². The summed E-state index contributed by atoms with van der Waals surface area (Å²) in [6.07, 6.45) is 2.32. The first kappa shape index (κ1) is 16.2. The SMILES string of the molecule is CCNC(C)c1ccc(N2CCCC(N(C)C)C2)c(F)c1. The van der Waals surface area contributed by atoms with Crippen molar-refractivity contribution < 1.29 is 4.39 Å². The van der Waals surface area contributed by atoms with Crippen LogP contribution in [0.2, 0.25) is 0 Å². The number of rotatable bonds is 5. The zero-order chi connectivity index (χ0) is 15.4. The van der Waals surface area contributed by atoms with Gasteiger partial charge in [-0.05, 0) is 58.1 Å². The molecule has 0 aromatic heterocycles. The molecule has 4 heteroatoms. The van der Waals surface area contributed by atoms with Gasteiger partial charge in [0, 0.05) is 25.2 Å². The summed E-state index contributed by atoms with van der Waals surface area (Å²) in [7, 11) is 4.21. The summed E-state index contributed by atoms with van der Waals surface area (Å²) in [5, 5.41) is 3.32. The second-order valence-corrected chi connectivity index (χ2v) is 6.20. The first-order valence-corrected chi connectivity index (χ1v) is 7.97. The largest absolute Gasteiger partial charge is 0.368 e. The summed E-state index contributed by atoms with van der Waals surface area (Å²) in [5.41, 5.74) is 1.76. The van der Waals surface area contributed by atoms with E-state index in [1.165, 1.54) is 6.42 Å². The van der Waals surface area contributed by atoms with Crippen molar-refractivity contribution >= 4 is 5.69 Å². The van der Waals surface area contributed by atoms with Gasteiger partial charge in [0.2, 0.25) is 0 Å². The standard InChI is InChI=1S/C17H28FN3/c1-5-19-13(2)14-8-9-17(16(18)11-14)21-10-6-7-15(12-21)20(3)4/h8-9,11,13,15,19H,5-7,10,12H2,1-4H3. The van der Waals surface area contributed by atoms with Gasteiger partial charge < -0.3 is 15.1 Å². The van der Waals surface area contributed by atoms with Crippen molar-refractivity contribution in [3.05, 3.63) is 29.6 Å². The summed E-state index contributed by atoms with van der Waals surface area (Å²) < 4.78 is 14.5. The van der Waals surface area contributed by atoms with Crippen LogP contribution in [0.5, 0.6) is 0 Å². The van der Waals surface area contributed by atoms with E-state index >= 15 is 0 Å². The molecule has 2 atom stereocenters. The number of nitrogens with zero attached hydrogens (tertiary/aromatic N) is 2. The molecule has 21 heavy (non-hydrogen) atoms. The fourth-order valence-corrected chi connectivity index (χ4v) is 3.07. The van der Waals surface area contributed by atoms with E-state index in [9.17, 15) is 4.39 Å². The third-order valence-corrected chi connectivity index (χ3v) is 4.45. The summed E-state index contributed by atoms with van der Waals surface area (Å²) in [6.45, 7) is 6.88. The molecule has 0 radical (unpaired) electrons. The molecule has 118 valence electrons. The molecular weight excluding hydrogens is 265 g/mol. The van der Waals surface area contributed by atoms with Crippen molar-refractivity contribution in [2.75, 3.05) is 38.6 Å². The lowest BCUT2D eigenvalue weighted by atomic mass is 10.0. The molecule has 1 aliphatic rings. The van der Waals surface area contributed by atoms with E-state index in [1.807, 2.05) is 12.1 Å². The minimum atomic E-state index is -0.100. The van der Waals surface area contributed by atoms with Crippen molar-refractivity contribution in [2.24, 2.45) is 0 Å². The maximum atomic E-state index is 14.5. The Balaban J connectivity index is 2.13. The molecule has 1 aromatic rings. The van der Waals surface area contributed by atoms with E-state index in [0.29, 0.717) is 6.04 Å². The van der Waals surface area contributed by atoms with Crippen LogP contribution in [0.25, 0.3) is 0 Å². The Bertz CT molecular complexity index is 461. The second kappa shape index (κ2) is 7.23. The van der Waals surface area contributed by atoms with Gasteiger partial charge in [-0.3, -0.25) is 0 Å². The summed E-state index contributed by atoms with van der Waals surface area (Å²) in [4.78, 5) is 4.43. The van der Waals surface area contributed by atoms with Crippen LogP contribution in [0, 0.1) is 5.82 Å². The van der Waals surface area contributed by atoms with Crippen molar-refractivity contribution in [1.29, 1.82) is 0 Å². The summed E-state index contributed by atoms with van der Waals surface area (Å²) in [5.74, 6) is -0.100. The monoisotopic (exact) mass is 293 g/mol. The molecule has 1 N–H and O–H groups in total. The lowest BCUT2D eigenvalue weighted by Crippen LogP contribution is -2.45. The van der Waals surface area contributed by atoms with Crippen molar-refractivity contribution in [2.45, 2.75) is 38.8 Å². The highest BCUT2D eigenvalue weighted by Gasteiger charge is 2.23. The van der Waals surface area contributed by atoms with Gasteiger partial charge in [-0.2, -0.15) is 0 Å². The van der Waals surface area contributed by atoms with Crippen molar-refractivity contribution in [3.8, 4) is 0 Å². The fourth-order valence-electron chi connectivity index (χ4n) is 3.07. The molecule has 1 saturated heterocycles. The van der Waals surface area contributed by atoms with Crippen LogP contribution >= 0.6 is 0 Å². The molecule has 0 spiro atoms. The van der Waals surface area contributed by atoms with Gasteiger partial charge in [0.25, 0.3) is 0 Å². The Labute approximate surface area is 128 Å². The smallest absolute Gasteiger partial charge is 0.146 e. The highest BCUT2D eigenvalue weighted by atomic mass is 19.1. The van der Waals surface area contributed by atoms with E-state index in [4.69, 9.17) is 0 Å².